The van der Waals surface area contributed by atoms with Crippen LogP contribution in [-0.4, -0.2) is 39.1 Å². The number of nitrogens with one attached hydrogen (secondary N) is 1. The Balaban J connectivity index is 1.82. The third-order valence-electron chi connectivity index (χ3n) is 3.60. The van der Waals surface area contributed by atoms with Gasteiger partial charge in [-0.2, -0.15) is 0 Å². The van der Waals surface area contributed by atoms with Gasteiger partial charge in [0.25, 0.3) is 0 Å². The zero-order valence-electron chi connectivity index (χ0n) is 11.9. The van der Waals surface area contributed by atoms with Crippen molar-refractivity contribution >= 4 is 0 Å². The van der Waals surface area contributed by atoms with Gasteiger partial charge in [0.05, 0.1) is 19.3 Å². The van der Waals surface area contributed by atoms with Crippen LogP contribution in [0.3, 0.4) is 0 Å². The Morgan fingerprint density at radius 1 is 1.32 bits per heavy atom. The number of ether oxygens (including phenoxy) is 3. The van der Waals surface area contributed by atoms with Crippen molar-refractivity contribution in [3.63, 3.8) is 0 Å². The van der Waals surface area contributed by atoms with Gasteiger partial charge in [0.15, 0.2) is 0 Å². The first-order valence-electron chi connectivity index (χ1n) is 6.79. The number of hydrogen-bond acceptors (Lipinski definition) is 4. The fourth-order valence-corrected chi connectivity index (χ4v) is 2.51. The van der Waals surface area contributed by atoms with Crippen molar-refractivity contribution in [3.8, 4) is 5.75 Å². The summed E-state index contributed by atoms with van der Waals surface area (Å²) in [5, 5.41) is 3.52. The minimum atomic E-state index is 0.158. The quantitative estimate of drug-likeness (QED) is 0.818. The van der Waals surface area contributed by atoms with Gasteiger partial charge in [-0.25, -0.2) is 0 Å². The van der Waals surface area contributed by atoms with E-state index in [1.54, 1.807) is 14.2 Å². The molecule has 1 aromatic rings. The second-order valence-electron chi connectivity index (χ2n) is 4.77. The Kier molecular flexibility index (Phi) is 5.19. The summed E-state index contributed by atoms with van der Waals surface area (Å²) in [6.07, 6.45) is 1.40. The van der Waals surface area contributed by atoms with Gasteiger partial charge in [0.2, 0.25) is 0 Å². The average molecular weight is 265 g/mol. The molecule has 3 unspecified atom stereocenters. The molecule has 0 radical (unpaired) electrons. The molecule has 19 heavy (non-hydrogen) atoms. The molecule has 2 rings (SSSR count). The lowest BCUT2D eigenvalue weighted by Gasteiger charge is -2.43. The van der Waals surface area contributed by atoms with Crippen molar-refractivity contribution in [2.45, 2.75) is 38.1 Å². The van der Waals surface area contributed by atoms with Crippen molar-refractivity contribution in [3.05, 3.63) is 29.8 Å². The predicted octanol–water partition coefficient (Wildman–Crippen LogP) is 1.98. The number of rotatable bonds is 7. The molecule has 1 aromatic carbocycles. The van der Waals surface area contributed by atoms with Crippen LogP contribution in [0.25, 0.3) is 0 Å². The molecule has 4 heteroatoms. The molecule has 1 aliphatic rings. The molecule has 0 aliphatic heterocycles. The lowest BCUT2D eigenvalue weighted by Crippen LogP contribution is -2.59. The molecule has 0 aromatic heterocycles. The van der Waals surface area contributed by atoms with Crippen LogP contribution in [0.1, 0.15) is 18.9 Å². The van der Waals surface area contributed by atoms with Crippen LogP contribution in [0.2, 0.25) is 0 Å². The SMILES string of the molecule is CCOC1CC(NCc2cccc(OC)c2)C1OC. The van der Waals surface area contributed by atoms with Crippen molar-refractivity contribution in [1.29, 1.82) is 0 Å². The Hall–Kier alpha value is -1.10. The zero-order chi connectivity index (χ0) is 13.7. The summed E-state index contributed by atoms with van der Waals surface area (Å²) in [7, 11) is 3.43. The van der Waals surface area contributed by atoms with Gasteiger partial charge in [-0.1, -0.05) is 12.1 Å². The summed E-state index contributed by atoms with van der Waals surface area (Å²) in [6.45, 7) is 3.58. The van der Waals surface area contributed by atoms with Gasteiger partial charge in [-0.3, -0.25) is 0 Å². The first kappa shape index (κ1) is 14.3. The van der Waals surface area contributed by atoms with E-state index in [4.69, 9.17) is 14.2 Å². The molecule has 106 valence electrons. The van der Waals surface area contributed by atoms with Crippen LogP contribution < -0.4 is 10.1 Å². The maximum absolute atomic E-state index is 5.62. The normalized spacial score (nSPS) is 25.9. The van der Waals surface area contributed by atoms with Crippen LogP contribution in [0.5, 0.6) is 5.75 Å². The van der Waals surface area contributed by atoms with E-state index in [1.807, 2.05) is 25.1 Å². The standard InChI is InChI=1S/C15H23NO3/c1-4-19-14-9-13(15(14)18-3)16-10-11-6-5-7-12(8-11)17-2/h5-8,13-16H,4,9-10H2,1-3H3. The van der Waals surface area contributed by atoms with E-state index in [2.05, 4.69) is 11.4 Å². The van der Waals surface area contributed by atoms with Gasteiger partial charge < -0.3 is 19.5 Å². The minimum absolute atomic E-state index is 0.158. The molecular weight excluding hydrogens is 242 g/mol. The molecule has 0 spiro atoms. The first-order chi connectivity index (χ1) is 9.28. The van der Waals surface area contributed by atoms with Crippen LogP contribution in [0.4, 0.5) is 0 Å². The van der Waals surface area contributed by atoms with E-state index in [1.165, 1.54) is 5.56 Å². The van der Waals surface area contributed by atoms with E-state index in [9.17, 15) is 0 Å². The minimum Gasteiger partial charge on any atom is -0.497 e. The summed E-state index contributed by atoms with van der Waals surface area (Å²) in [4.78, 5) is 0. The second kappa shape index (κ2) is 6.89. The highest BCUT2D eigenvalue weighted by Crippen LogP contribution is 2.27. The molecule has 0 heterocycles. The van der Waals surface area contributed by atoms with Crippen LogP contribution >= 0.6 is 0 Å². The van der Waals surface area contributed by atoms with Gasteiger partial charge in [-0.15, -0.1) is 0 Å². The monoisotopic (exact) mass is 265 g/mol. The largest absolute Gasteiger partial charge is 0.497 e. The van der Waals surface area contributed by atoms with Gasteiger partial charge in [-0.05, 0) is 31.0 Å². The molecule has 1 N–H and O–H groups in total. The Morgan fingerprint density at radius 2 is 2.16 bits per heavy atom. The maximum Gasteiger partial charge on any atom is 0.119 e. The summed E-state index contributed by atoms with van der Waals surface area (Å²) >= 11 is 0. The Labute approximate surface area is 115 Å². The van der Waals surface area contributed by atoms with E-state index < -0.39 is 0 Å². The highest BCUT2D eigenvalue weighted by atomic mass is 16.5. The van der Waals surface area contributed by atoms with Crippen molar-refractivity contribution in [2.75, 3.05) is 20.8 Å². The molecule has 0 bridgehead atoms. The fourth-order valence-electron chi connectivity index (χ4n) is 2.51. The molecule has 1 fully saturated rings. The summed E-state index contributed by atoms with van der Waals surface area (Å²) in [5.74, 6) is 0.892. The highest BCUT2D eigenvalue weighted by Gasteiger charge is 2.41. The number of methoxy groups -OCH3 is 2. The predicted molar refractivity (Wildman–Crippen MR) is 74.4 cm³/mol. The van der Waals surface area contributed by atoms with Crippen LogP contribution in [-0.2, 0) is 16.0 Å². The smallest absolute Gasteiger partial charge is 0.119 e. The number of hydrogen-bond donors (Lipinski definition) is 1. The third kappa shape index (κ3) is 3.47. The third-order valence-corrected chi connectivity index (χ3v) is 3.60. The molecule has 4 nitrogen and oxygen atoms in total. The molecule has 0 saturated heterocycles. The van der Waals surface area contributed by atoms with Crippen LogP contribution in [0.15, 0.2) is 24.3 Å². The Morgan fingerprint density at radius 3 is 2.84 bits per heavy atom. The topological polar surface area (TPSA) is 39.7 Å². The van der Waals surface area contributed by atoms with Crippen molar-refractivity contribution in [1.82, 2.24) is 5.32 Å². The fraction of sp³-hybridized carbons (Fsp3) is 0.600. The summed E-state index contributed by atoms with van der Waals surface area (Å²) in [5.41, 5.74) is 1.22. The van der Waals surface area contributed by atoms with E-state index in [0.29, 0.717) is 6.04 Å². The van der Waals surface area contributed by atoms with E-state index in [-0.39, 0.29) is 12.2 Å². The van der Waals surface area contributed by atoms with E-state index in [0.717, 1.165) is 25.3 Å². The van der Waals surface area contributed by atoms with Crippen molar-refractivity contribution < 1.29 is 14.2 Å². The summed E-state index contributed by atoms with van der Waals surface area (Å²) < 4.78 is 16.3. The van der Waals surface area contributed by atoms with Gasteiger partial charge >= 0.3 is 0 Å². The average Bonchev–Trinajstić information content (AvgIpc) is 2.42. The summed E-state index contributed by atoms with van der Waals surface area (Å²) in [6, 6.07) is 8.47. The van der Waals surface area contributed by atoms with E-state index >= 15 is 0 Å². The molecular formula is C15H23NO3. The zero-order valence-corrected chi connectivity index (χ0v) is 11.9. The van der Waals surface area contributed by atoms with Crippen molar-refractivity contribution in [2.24, 2.45) is 0 Å². The molecule has 1 aliphatic carbocycles. The molecule has 0 amide bonds. The maximum atomic E-state index is 5.62. The molecule has 3 atom stereocenters. The Bertz CT molecular complexity index is 397. The highest BCUT2D eigenvalue weighted by molar-refractivity contribution is 5.28. The molecule has 1 saturated carbocycles. The number of benzene rings is 1. The van der Waals surface area contributed by atoms with Gasteiger partial charge in [0, 0.05) is 26.3 Å². The lowest BCUT2D eigenvalue weighted by atomic mass is 9.85. The lowest BCUT2D eigenvalue weighted by molar-refractivity contribution is -0.131. The van der Waals surface area contributed by atoms with Gasteiger partial charge in [0.1, 0.15) is 5.75 Å². The first-order valence-corrected chi connectivity index (χ1v) is 6.79. The second-order valence-corrected chi connectivity index (χ2v) is 4.77. The van der Waals surface area contributed by atoms with Crippen LogP contribution in [0, 0.1) is 0 Å².